The molecule has 0 radical (unpaired) electrons. The van der Waals surface area contributed by atoms with Gasteiger partial charge in [0, 0.05) is 12.1 Å². The van der Waals surface area contributed by atoms with Gasteiger partial charge in [-0.25, -0.2) is 17.5 Å². The molecule has 11 heteroatoms. The Balaban J connectivity index is 1.53. The van der Waals surface area contributed by atoms with Gasteiger partial charge in [0.1, 0.15) is 5.82 Å². The Morgan fingerprint density at radius 1 is 0.794 bits per heavy atom. The molecule has 0 aliphatic heterocycles. The van der Waals surface area contributed by atoms with Crippen LogP contribution in [-0.4, -0.2) is 32.7 Å². The first-order valence-corrected chi connectivity index (χ1v) is 11.5. The van der Waals surface area contributed by atoms with E-state index in [-0.39, 0.29) is 22.6 Å². The summed E-state index contributed by atoms with van der Waals surface area (Å²) < 4.78 is 41.2. The zero-order chi connectivity index (χ0) is 24.6. The maximum absolute atomic E-state index is 13.6. The Kier molecular flexibility index (Phi) is 8.06. The van der Waals surface area contributed by atoms with Crippen LogP contribution in [0.2, 0.25) is 0 Å². The lowest BCUT2D eigenvalue weighted by Crippen LogP contribution is -2.46. The number of sulfonamides is 1. The number of rotatable bonds is 8. The molecule has 3 rings (SSSR count). The van der Waals surface area contributed by atoms with Gasteiger partial charge in [-0.15, -0.1) is 0 Å². The molecule has 0 saturated heterocycles. The Bertz CT molecular complexity index is 1300. The topological polar surface area (TPSA) is 133 Å². The van der Waals surface area contributed by atoms with Crippen LogP contribution in [-0.2, 0) is 21.4 Å². The van der Waals surface area contributed by atoms with Crippen molar-refractivity contribution in [2.75, 3.05) is 6.54 Å². The molecule has 9 nitrogen and oxygen atoms in total. The van der Waals surface area contributed by atoms with E-state index < -0.39 is 40.1 Å². The van der Waals surface area contributed by atoms with Crippen molar-refractivity contribution >= 4 is 27.7 Å². The van der Waals surface area contributed by atoms with E-state index in [0.717, 1.165) is 17.7 Å². The van der Waals surface area contributed by atoms with Crippen LogP contribution in [0.15, 0.2) is 83.8 Å². The van der Waals surface area contributed by atoms with Crippen LogP contribution in [0.3, 0.4) is 0 Å². The van der Waals surface area contributed by atoms with Gasteiger partial charge in [-0.1, -0.05) is 48.5 Å². The van der Waals surface area contributed by atoms with Crippen molar-refractivity contribution in [3.8, 4) is 0 Å². The second-order valence-electron chi connectivity index (χ2n) is 7.00. The summed E-state index contributed by atoms with van der Waals surface area (Å²) in [6.07, 6.45) is 0. The SMILES string of the molecule is O=C(CNC(=O)c1ccccc1F)NNC(=O)c1cccc(S(=O)(=O)NCc2ccccc2)c1. The number of carbonyl (C=O) groups excluding carboxylic acids is 3. The summed E-state index contributed by atoms with van der Waals surface area (Å²) in [5, 5.41) is 2.23. The number of hydrogen-bond donors (Lipinski definition) is 4. The minimum absolute atomic E-state index is 0.0155. The van der Waals surface area contributed by atoms with Crippen molar-refractivity contribution in [1.29, 1.82) is 0 Å². The lowest BCUT2D eigenvalue weighted by molar-refractivity contribution is -0.120. The van der Waals surface area contributed by atoms with E-state index in [2.05, 4.69) is 20.9 Å². The third-order valence-electron chi connectivity index (χ3n) is 4.56. The van der Waals surface area contributed by atoms with E-state index in [1.54, 1.807) is 24.3 Å². The van der Waals surface area contributed by atoms with Crippen molar-refractivity contribution in [3.63, 3.8) is 0 Å². The van der Waals surface area contributed by atoms with Crippen LogP contribution in [0, 0.1) is 5.82 Å². The first-order valence-electron chi connectivity index (χ1n) is 10.0. The van der Waals surface area contributed by atoms with E-state index in [1.807, 2.05) is 6.07 Å². The van der Waals surface area contributed by atoms with Gasteiger partial charge >= 0.3 is 0 Å². The van der Waals surface area contributed by atoms with Crippen molar-refractivity contribution in [1.82, 2.24) is 20.9 Å². The zero-order valence-corrected chi connectivity index (χ0v) is 18.6. The summed E-state index contributed by atoms with van der Waals surface area (Å²) in [7, 11) is -3.89. The van der Waals surface area contributed by atoms with Gasteiger partial charge in [0.05, 0.1) is 17.0 Å². The van der Waals surface area contributed by atoms with Crippen molar-refractivity contribution in [3.05, 3.63) is 101 Å². The van der Waals surface area contributed by atoms with E-state index in [4.69, 9.17) is 0 Å². The maximum Gasteiger partial charge on any atom is 0.269 e. The monoisotopic (exact) mass is 484 g/mol. The third-order valence-corrected chi connectivity index (χ3v) is 5.96. The molecule has 0 aliphatic rings. The van der Waals surface area contributed by atoms with Gasteiger partial charge in [-0.2, -0.15) is 0 Å². The molecule has 0 heterocycles. The van der Waals surface area contributed by atoms with Crippen molar-refractivity contribution in [2.24, 2.45) is 0 Å². The molecule has 0 spiro atoms. The Morgan fingerprint density at radius 3 is 2.24 bits per heavy atom. The summed E-state index contributed by atoms with van der Waals surface area (Å²) in [6, 6.07) is 19.5. The Labute approximate surface area is 195 Å². The smallest absolute Gasteiger partial charge is 0.269 e. The molecule has 0 aliphatic carbocycles. The highest BCUT2D eigenvalue weighted by molar-refractivity contribution is 7.89. The Hall–Kier alpha value is -4.09. The number of hydrogen-bond acceptors (Lipinski definition) is 5. The molecule has 176 valence electrons. The fourth-order valence-corrected chi connectivity index (χ4v) is 3.87. The first kappa shape index (κ1) is 24.6. The lowest BCUT2D eigenvalue weighted by atomic mass is 10.2. The molecular weight excluding hydrogens is 463 g/mol. The van der Waals surface area contributed by atoms with E-state index in [9.17, 15) is 27.2 Å². The molecular formula is C23H21FN4O5S. The molecule has 0 aromatic heterocycles. The van der Waals surface area contributed by atoms with Gasteiger partial charge in [0.25, 0.3) is 17.7 Å². The molecule has 3 amide bonds. The van der Waals surface area contributed by atoms with Gasteiger partial charge in [0.15, 0.2) is 0 Å². The fourth-order valence-electron chi connectivity index (χ4n) is 2.81. The highest BCUT2D eigenvalue weighted by Crippen LogP contribution is 2.12. The lowest BCUT2D eigenvalue weighted by Gasteiger charge is -2.10. The summed E-state index contributed by atoms with van der Waals surface area (Å²) in [5.41, 5.74) is 4.76. The fraction of sp³-hybridized carbons (Fsp3) is 0.0870. The summed E-state index contributed by atoms with van der Waals surface area (Å²) in [5.74, 6) is -3.07. The average molecular weight is 485 g/mol. The molecule has 3 aromatic rings. The molecule has 0 unspecified atom stereocenters. The predicted molar refractivity (Wildman–Crippen MR) is 121 cm³/mol. The first-order chi connectivity index (χ1) is 16.3. The standard InChI is InChI=1S/C23H21FN4O5S/c24-20-12-5-4-11-19(20)23(31)25-15-21(29)27-28-22(30)17-9-6-10-18(13-17)34(32,33)26-14-16-7-2-1-3-8-16/h1-13,26H,14-15H2,(H,25,31)(H,27,29)(H,28,30). The van der Waals surface area contributed by atoms with E-state index >= 15 is 0 Å². The molecule has 0 atom stereocenters. The van der Waals surface area contributed by atoms with Gasteiger partial charge < -0.3 is 5.32 Å². The van der Waals surface area contributed by atoms with Crippen molar-refractivity contribution < 1.29 is 27.2 Å². The minimum Gasteiger partial charge on any atom is -0.343 e. The quantitative estimate of drug-likeness (QED) is 0.360. The number of amides is 3. The third kappa shape index (κ3) is 6.70. The van der Waals surface area contributed by atoms with Gasteiger partial charge in [0.2, 0.25) is 10.0 Å². The van der Waals surface area contributed by atoms with Gasteiger partial charge in [-0.05, 0) is 35.9 Å². The van der Waals surface area contributed by atoms with E-state index in [1.165, 1.54) is 36.4 Å². The van der Waals surface area contributed by atoms with Crippen LogP contribution in [0.25, 0.3) is 0 Å². The normalized spacial score (nSPS) is 10.9. The second kappa shape index (κ2) is 11.2. The van der Waals surface area contributed by atoms with Crippen LogP contribution in [0.4, 0.5) is 4.39 Å². The van der Waals surface area contributed by atoms with Crippen LogP contribution < -0.4 is 20.9 Å². The number of halogens is 1. The summed E-state index contributed by atoms with van der Waals surface area (Å²) >= 11 is 0. The summed E-state index contributed by atoms with van der Waals surface area (Å²) in [4.78, 5) is 36.0. The minimum atomic E-state index is -3.89. The maximum atomic E-state index is 13.6. The largest absolute Gasteiger partial charge is 0.343 e. The number of nitrogens with one attached hydrogen (secondary N) is 4. The summed E-state index contributed by atoms with van der Waals surface area (Å²) in [6.45, 7) is -0.445. The zero-order valence-electron chi connectivity index (χ0n) is 17.7. The molecule has 0 bridgehead atoms. The Morgan fingerprint density at radius 2 is 1.50 bits per heavy atom. The van der Waals surface area contributed by atoms with E-state index in [0.29, 0.717) is 0 Å². The molecule has 0 saturated carbocycles. The number of benzene rings is 3. The number of carbonyl (C=O) groups is 3. The molecule has 34 heavy (non-hydrogen) atoms. The van der Waals surface area contributed by atoms with Crippen LogP contribution in [0.5, 0.6) is 0 Å². The highest BCUT2D eigenvalue weighted by atomic mass is 32.2. The predicted octanol–water partition coefficient (Wildman–Crippen LogP) is 1.50. The molecule has 3 aromatic carbocycles. The molecule has 0 fully saturated rings. The number of hydrazine groups is 1. The molecule has 4 N–H and O–H groups in total. The average Bonchev–Trinajstić information content (AvgIpc) is 2.85. The van der Waals surface area contributed by atoms with Crippen molar-refractivity contribution in [2.45, 2.75) is 11.4 Å². The van der Waals surface area contributed by atoms with Gasteiger partial charge in [-0.3, -0.25) is 25.2 Å². The van der Waals surface area contributed by atoms with Crippen LogP contribution >= 0.6 is 0 Å². The second-order valence-corrected chi connectivity index (χ2v) is 8.77. The highest BCUT2D eigenvalue weighted by Gasteiger charge is 2.17. The van der Waals surface area contributed by atoms with Crippen LogP contribution in [0.1, 0.15) is 26.3 Å².